The summed E-state index contributed by atoms with van der Waals surface area (Å²) in [5.41, 5.74) is 7.65. The maximum atomic E-state index is 2.38. The Morgan fingerprint density at radius 3 is 1.32 bits per heavy atom. The molecule has 4 rings (SSSR count). The van der Waals surface area contributed by atoms with E-state index in [4.69, 9.17) is 0 Å². The van der Waals surface area contributed by atoms with Crippen molar-refractivity contribution < 1.29 is 0 Å². The molecule has 4 unspecified atom stereocenters. The highest BCUT2D eigenvalue weighted by Gasteiger charge is 2.24. The van der Waals surface area contributed by atoms with E-state index < -0.39 is 0 Å². The minimum absolute atomic E-state index is 0.829. The van der Waals surface area contributed by atoms with Gasteiger partial charge in [0.15, 0.2) is 0 Å². The van der Waals surface area contributed by atoms with Gasteiger partial charge in [0.05, 0.1) is 0 Å². The molecule has 0 heterocycles. The second-order valence-electron chi connectivity index (χ2n) is 10.8. The maximum absolute atomic E-state index is 2.38. The number of allylic oxidation sites excluding steroid dienone is 2. The predicted molar refractivity (Wildman–Crippen MR) is 126 cm³/mol. The maximum Gasteiger partial charge on any atom is -0.0231 e. The molecule has 0 bridgehead atoms. The molecule has 1 fully saturated rings. The molecule has 0 radical (unpaired) electrons. The number of rotatable bonds is 0. The molecule has 0 N–H and O–H groups in total. The summed E-state index contributed by atoms with van der Waals surface area (Å²) in [7, 11) is 0. The van der Waals surface area contributed by atoms with E-state index in [9.17, 15) is 0 Å². The van der Waals surface area contributed by atoms with Crippen LogP contribution in [-0.2, 0) is 12.8 Å². The van der Waals surface area contributed by atoms with Crippen molar-refractivity contribution in [3.05, 3.63) is 46.0 Å². The molecule has 0 amide bonds. The molecule has 0 aliphatic heterocycles. The molecule has 3 aliphatic rings. The fourth-order valence-electron chi connectivity index (χ4n) is 5.34. The van der Waals surface area contributed by atoms with Gasteiger partial charge in [-0.25, -0.2) is 0 Å². The highest BCUT2D eigenvalue weighted by molar-refractivity contribution is 5.40. The molecule has 1 saturated carbocycles. The standard InChI is InChI=1S/C12H16.C8H16.C8H14/c1-8-4-11-6-9(2)10(3)7-12(11)5-8;2*1-6-4-7(2)8(3)5-6/h6-8H,4-5H2,1-3H3;6-8H,4-5H2,1-3H3;4,7-8H,5H2,1-3H3. The van der Waals surface area contributed by atoms with Crippen molar-refractivity contribution in [3.63, 3.8) is 0 Å². The second kappa shape index (κ2) is 10.1. The summed E-state index contributed by atoms with van der Waals surface area (Å²) < 4.78 is 0. The Morgan fingerprint density at radius 2 is 1.07 bits per heavy atom. The SMILES string of the molecule is CC1=CC(C)C(C)C1.CC1CC(C)C(C)C1.Cc1cc2c(cc1C)CC(C)C2. The summed E-state index contributed by atoms with van der Waals surface area (Å²) in [6.07, 6.45) is 9.20. The van der Waals surface area contributed by atoms with Gasteiger partial charge in [-0.2, -0.15) is 0 Å². The van der Waals surface area contributed by atoms with Crippen LogP contribution in [0.15, 0.2) is 23.8 Å². The third-order valence-electron chi connectivity index (χ3n) is 7.56. The zero-order chi connectivity index (χ0) is 21.0. The molecule has 0 aromatic heterocycles. The van der Waals surface area contributed by atoms with Crippen molar-refractivity contribution in [1.29, 1.82) is 0 Å². The molecule has 0 saturated heterocycles. The molecule has 1 aromatic rings. The Balaban J connectivity index is 0.000000156. The highest BCUT2D eigenvalue weighted by Crippen LogP contribution is 2.35. The van der Waals surface area contributed by atoms with Crippen LogP contribution in [0.25, 0.3) is 0 Å². The molecular formula is C28H46. The van der Waals surface area contributed by atoms with Crippen LogP contribution in [0.2, 0.25) is 0 Å². The zero-order valence-corrected chi connectivity index (χ0v) is 20.2. The Bertz CT molecular complexity index is 624. The lowest BCUT2D eigenvalue weighted by atomic mass is 10.0. The molecule has 28 heavy (non-hydrogen) atoms. The summed E-state index contributed by atoms with van der Waals surface area (Å²) in [5.74, 6) is 5.57. The first-order chi connectivity index (χ1) is 13.1. The van der Waals surface area contributed by atoms with Crippen LogP contribution in [-0.4, -0.2) is 0 Å². The second-order valence-corrected chi connectivity index (χ2v) is 10.8. The highest BCUT2D eigenvalue weighted by atomic mass is 14.3. The smallest absolute Gasteiger partial charge is 0.0231 e. The van der Waals surface area contributed by atoms with E-state index in [0.717, 1.165) is 35.5 Å². The van der Waals surface area contributed by atoms with Gasteiger partial charge in [0.2, 0.25) is 0 Å². The van der Waals surface area contributed by atoms with Crippen LogP contribution in [0.1, 0.15) is 90.0 Å². The summed E-state index contributed by atoms with van der Waals surface area (Å²) >= 11 is 0. The number of fused-ring (bicyclic) bond motifs is 1. The van der Waals surface area contributed by atoms with Gasteiger partial charge < -0.3 is 0 Å². The van der Waals surface area contributed by atoms with E-state index in [1.54, 1.807) is 16.7 Å². The molecule has 1 aromatic carbocycles. The molecule has 4 atom stereocenters. The average molecular weight is 383 g/mol. The predicted octanol–water partition coefficient (Wildman–Crippen LogP) is 8.34. The lowest BCUT2D eigenvalue weighted by molar-refractivity contribution is 0.457. The summed E-state index contributed by atoms with van der Waals surface area (Å²) in [6.45, 7) is 20.7. The van der Waals surface area contributed by atoms with Gasteiger partial charge in [-0.15, -0.1) is 0 Å². The first kappa shape index (κ1) is 23.2. The normalized spacial score (nSPS) is 31.5. The Kier molecular flexibility index (Phi) is 8.41. The third-order valence-corrected chi connectivity index (χ3v) is 7.56. The van der Waals surface area contributed by atoms with Gasteiger partial charge in [0.25, 0.3) is 0 Å². The zero-order valence-electron chi connectivity index (χ0n) is 20.2. The lowest BCUT2D eigenvalue weighted by Gasteiger charge is -2.05. The Labute approximate surface area is 176 Å². The largest absolute Gasteiger partial charge is 0.0825 e. The summed E-state index contributed by atoms with van der Waals surface area (Å²) in [6, 6.07) is 4.74. The van der Waals surface area contributed by atoms with Gasteiger partial charge in [0.1, 0.15) is 0 Å². The number of aryl methyl sites for hydroxylation is 2. The Hall–Kier alpha value is -1.04. The van der Waals surface area contributed by atoms with Crippen LogP contribution in [0, 0.1) is 49.4 Å². The summed E-state index contributed by atoms with van der Waals surface area (Å²) in [4.78, 5) is 0. The Morgan fingerprint density at radius 1 is 0.607 bits per heavy atom. The average Bonchev–Trinajstić information content (AvgIpc) is 3.18. The van der Waals surface area contributed by atoms with E-state index in [1.165, 1.54) is 43.2 Å². The molecule has 3 aliphatic carbocycles. The fourth-order valence-corrected chi connectivity index (χ4v) is 5.34. The van der Waals surface area contributed by atoms with E-state index >= 15 is 0 Å². The molecule has 0 heteroatoms. The number of hydrogen-bond acceptors (Lipinski definition) is 0. The van der Waals surface area contributed by atoms with Crippen LogP contribution in [0.4, 0.5) is 0 Å². The van der Waals surface area contributed by atoms with Crippen LogP contribution >= 0.6 is 0 Å². The summed E-state index contributed by atoms with van der Waals surface area (Å²) in [5, 5.41) is 0. The van der Waals surface area contributed by atoms with Crippen molar-refractivity contribution in [3.8, 4) is 0 Å². The fraction of sp³-hybridized carbons (Fsp3) is 0.714. The van der Waals surface area contributed by atoms with Crippen molar-refractivity contribution in [2.24, 2.45) is 35.5 Å². The van der Waals surface area contributed by atoms with E-state index in [-0.39, 0.29) is 0 Å². The lowest BCUT2D eigenvalue weighted by Crippen LogP contribution is -1.96. The van der Waals surface area contributed by atoms with Gasteiger partial charge in [0, 0.05) is 0 Å². The van der Waals surface area contributed by atoms with Crippen molar-refractivity contribution in [2.45, 2.75) is 94.4 Å². The van der Waals surface area contributed by atoms with Crippen molar-refractivity contribution in [1.82, 2.24) is 0 Å². The number of hydrogen-bond donors (Lipinski definition) is 0. The van der Waals surface area contributed by atoms with Gasteiger partial charge >= 0.3 is 0 Å². The van der Waals surface area contributed by atoms with Crippen LogP contribution < -0.4 is 0 Å². The minimum Gasteiger partial charge on any atom is -0.0825 e. The van der Waals surface area contributed by atoms with E-state index in [1.807, 2.05) is 0 Å². The number of benzene rings is 1. The van der Waals surface area contributed by atoms with E-state index in [0.29, 0.717) is 0 Å². The first-order valence-electron chi connectivity index (χ1n) is 11.8. The van der Waals surface area contributed by atoms with E-state index in [2.05, 4.69) is 80.5 Å². The monoisotopic (exact) mass is 382 g/mol. The molecule has 0 nitrogen and oxygen atoms in total. The van der Waals surface area contributed by atoms with Gasteiger partial charge in [-0.1, -0.05) is 65.3 Å². The first-order valence-corrected chi connectivity index (χ1v) is 11.8. The van der Waals surface area contributed by atoms with Crippen molar-refractivity contribution >= 4 is 0 Å². The van der Waals surface area contributed by atoms with Gasteiger partial charge in [-0.05, 0) is 111 Å². The molecular weight excluding hydrogens is 336 g/mol. The molecule has 158 valence electrons. The van der Waals surface area contributed by atoms with Crippen LogP contribution in [0.3, 0.4) is 0 Å². The minimum atomic E-state index is 0.829. The van der Waals surface area contributed by atoms with Crippen molar-refractivity contribution in [2.75, 3.05) is 0 Å². The molecule has 0 spiro atoms. The topological polar surface area (TPSA) is 0 Å². The quantitative estimate of drug-likeness (QED) is 0.395. The third kappa shape index (κ3) is 6.50. The van der Waals surface area contributed by atoms with Gasteiger partial charge in [-0.3, -0.25) is 0 Å². The van der Waals surface area contributed by atoms with Crippen LogP contribution in [0.5, 0.6) is 0 Å².